The third kappa shape index (κ3) is 3.82. The number of carboxylic acids is 1. The van der Waals surface area contributed by atoms with Crippen molar-refractivity contribution in [1.29, 1.82) is 0 Å². The van der Waals surface area contributed by atoms with Crippen LogP contribution in [0.1, 0.15) is 21.6 Å². The van der Waals surface area contributed by atoms with Gasteiger partial charge in [0.15, 0.2) is 0 Å². The topological polar surface area (TPSA) is 68.5 Å². The van der Waals surface area contributed by atoms with E-state index in [1.807, 2.05) is 0 Å². The highest BCUT2D eigenvalue weighted by molar-refractivity contribution is 9.10. The lowest BCUT2D eigenvalue weighted by atomic mass is 10.2. The SMILES string of the molecule is Cc1cc(OC(F)(F)c2ccccc2)c(Br)c(=O)n1-c1ccc(C(=O)O)cc1. The summed E-state index contributed by atoms with van der Waals surface area (Å²) < 4.78 is 34.8. The van der Waals surface area contributed by atoms with Gasteiger partial charge in [-0.05, 0) is 59.3 Å². The molecule has 1 heterocycles. The van der Waals surface area contributed by atoms with Gasteiger partial charge in [-0.15, -0.1) is 0 Å². The first-order chi connectivity index (χ1) is 13.2. The normalized spacial score (nSPS) is 11.3. The van der Waals surface area contributed by atoms with Gasteiger partial charge in [0.2, 0.25) is 0 Å². The molecule has 0 spiro atoms. The van der Waals surface area contributed by atoms with Gasteiger partial charge in [0.05, 0.1) is 11.1 Å². The van der Waals surface area contributed by atoms with E-state index in [2.05, 4.69) is 15.9 Å². The number of carboxylic acid groups (broad SMARTS) is 1. The second-order valence-electron chi connectivity index (χ2n) is 5.94. The van der Waals surface area contributed by atoms with Crippen molar-refractivity contribution < 1.29 is 23.4 Å². The molecule has 0 atom stereocenters. The fourth-order valence-electron chi connectivity index (χ4n) is 2.66. The lowest BCUT2D eigenvalue weighted by Gasteiger charge is -2.20. The third-order valence-corrected chi connectivity index (χ3v) is 4.75. The molecule has 2 aromatic carbocycles. The van der Waals surface area contributed by atoms with Gasteiger partial charge in [0.25, 0.3) is 5.56 Å². The number of ether oxygens (including phenoxy) is 1. The van der Waals surface area contributed by atoms with Crippen LogP contribution in [0.4, 0.5) is 8.78 Å². The predicted octanol–water partition coefficient (Wildman–Crippen LogP) is 4.73. The van der Waals surface area contributed by atoms with Gasteiger partial charge >= 0.3 is 12.1 Å². The summed E-state index contributed by atoms with van der Waals surface area (Å²) in [5, 5.41) is 8.97. The van der Waals surface area contributed by atoms with Gasteiger partial charge in [0, 0.05) is 17.4 Å². The molecular formula is C20H14BrF2NO4. The maximum atomic E-state index is 14.4. The van der Waals surface area contributed by atoms with Crippen LogP contribution >= 0.6 is 15.9 Å². The van der Waals surface area contributed by atoms with Crippen molar-refractivity contribution in [3.8, 4) is 11.4 Å². The Hall–Kier alpha value is -3.00. The summed E-state index contributed by atoms with van der Waals surface area (Å²) in [7, 11) is 0. The molecule has 0 aliphatic carbocycles. The summed E-state index contributed by atoms with van der Waals surface area (Å²) in [5.74, 6) is -1.39. The van der Waals surface area contributed by atoms with Crippen LogP contribution in [0, 0.1) is 6.92 Å². The van der Waals surface area contributed by atoms with Gasteiger partial charge in [-0.1, -0.05) is 18.2 Å². The van der Waals surface area contributed by atoms with Gasteiger partial charge in [0.1, 0.15) is 10.2 Å². The number of rotatable bonds is 5. The van der Waals surface area contributed by atoms with E-state index in [4.69, 9.17) is 9.84 Å². The molecule has 144 valence electrons. The van der Waals surface area contributed by atoms with Gasteiger partial charge in [-0.2, -0.15) is 8.78 Å². The van der Waals surface area contributed by atoms with E-state index >= 15 is 0 Å². The molecular weight excluding hydrogens is 436 g/mol. The molecule has 5 nitrogen and oxygen atoms in total. The van der Waals surface area contributed by atoms with Crippen molar-refractivity contribution in [2.45, 2.75) is 13.0 Å². The average molecular weight is 450 g/mol. The van der Waals surface area contributed by atoms with E-state index in [1.54, 1.807) is 13.0 Å². The molecule has 28 heavy (non-hydrogen) atoms. The standard InChI is InChI=1S/C20H14BrF2NO4/c1-12-11-16(28-20(22,23)14-5-3-2-4-6-14)17(21)18(25)24(12)15-9-7-13(8-10-15)19(26)27/h2-11H,1H3,(H,26,27). The van der Waals surface area contributed by atoms with E-state index in [0.29, 0.717) is 11.4 Å². The summed E-state index contributed by atoms with van der Waals surface area (Å²) in [5.41, 5.74) is -0.143. The van der Waals surface area contributed by atoms with Crippen molar-refractivity contribution in [2.75, 3.05) is 0 Å². The van der Waals surface area contributed by atoms with E-state index < -0.39 is 17.6 Å². The van der Waals surface area contributed by atoms with Gasteiger partial charge in [-0.25, -0.2) is 4.79 Å². The molecule has 8 heteroatoms. The Labute approximate surface area is 166 Å². The number of hydrogen-bond donors (Lipinski definition) is 1. The highest BCUT2D eigenvalue weighted by Crippen LogP contribution is 2.34. The molecule has 0 aliphatic rings. The van der Waals surface area contributed by atoms with Crippen LogP contribution < -0.4 is 10.3 Å². The summed E-state index contributed by atoms with van der Waals surface area (Å²) in [6, 6.07) is 13.9. The summed E-state index contributed by atoms with van der Waals surface area (Å²) in [6.07, 6.45) is -3.63. The molecule has 3 aromatic rings. The highest BCUT2D eigenvalue weighted by atomic mass is 79.9. The molecule has 0 saturated carbocycles. The summed E-state index contributed by atoms with van der Waals surface area (Å²) in [6.45, 7) is 1.56. The average Bonchev–Trinajstić information content (AvgIpc) is 2.67. The van der Waals surface area contributed by atoms with Crippen molar-refractivity contribution >= 4 is 21.9 Å². The lowest BCUT2D eigenvalue weighted by Crippen LogP contribution is -2.26. The Morgan fingerprint density at radius 2 is 1.71 bits per heavy atom. The second kappa shape index (κ2) is 7.55. The number of benzene rings is 2. The molecule has 0 saturated heterocycles. The van der Waals surface area contributed by atoms with E-state index in [1.165, 1.54) is 59.2 Å². The summed E-state index contributed by atoms with van der Waals surface area (Å²) >= 11 is 3.04. The monoisotopic (exact) mass is 449 g/mol. The number of nitrogens with zero attached hydrogens (tertiary/aromatic N) is 1. The molecule has 1 N–H and O–H groups in total. The minimum Gasteiger partial charge on any atom is -0.478 e. The first-order valence-corrected chi connectivity index (χ1v) is 8.88. The quantitative estimate of drug-likeness (QED) is 0.610. The van der Waals surface area contributed by atoms with E-state index in [-0.39, 0.29) is 21.3 Å². The highest BCUT2D eigenvalue weighted by Gasteiger charge is 2.35. The van der Waals surface area contributed by atoms with Crippen LogP contribution in [0.3, 0.4) is 0 Å². The third-order valence-electron chi connectivity index (χ3n) is 4.02. The molecule has 0 radical (unpaired) electrons. The van der Waals surface area contributed by atoms with Crippen LogP contribution in [0.25, 0.3) is 5.69 Å². The maximum absolute atomic E-state index is 14.4. The fraction of sp³-hybridized carbons (Fsp3) is 0.100. The van der Waals surface area contributed by atoms with E-state index in [0.717, 1.165) is 0 Å². The van der Waals surface area contributed by atoms with E-state index in [9.17, 15) is 18.4 Å². The van der Waals surface area contributed by atoms with Crippen LogP contribution in [0.15, 0.2) is 69.9 Å². The molecule has 0 amide bonds. The van der Waals surface area contributed by atoms with Crippen LogP contribution in [0.2, 0.25) is 0 Å². The fourth-order valence-corrected chi connectivity index (χ4v) is 3.03. The lowest BCUT2D eigenvalue weighted by molar-refractivity contribution is -0.185. The number of alkyl halides is 2. The van der Waals surface area contributed by atoms with Gasteiger partial charge in [-0.3, -0.25) is 9.36 Å². The molecule has 0 bridgehead atoms. The molecule has 0 aliphatic heterocycles. The minimum absolute atomic E-state index is 0.0657. The molecule has 3 rings (SSSR count). The number of aromatic nitrogens is 1. The van der Waals surface area contributed by atoms with Crippen LogP contribution in [0.5, 0.6) is 5.75 Å². The van der Waals surface area contributed by atoms with Crippen LogP contribution in [-0.4, -0.2) is 15.6 Å². The number of carbonyl (C=O) groups is 1. The maximum Gasteiger partial charge on any atom is 0.426 e. The Morgan fingerprint density at radius 1 is 1.11 bits per heavy atom. The number of halogens is 3. The number of aromatic carboxylic acids is 1. The Bertz CT molecular complexity index is 1080. The molecule has 0 fully saturated rings. The van der Waals surface area contributed by atoms with Crippen molar-refractivity contribution in [3.63, 3.8) is 0 Å². The van der Waals surface area contributed by atoms with Gasteiger partial charge < -0.3 is 9.84 Å². The minimum atomic E-state index is -3.63. The molecule has 0 unspecified atom stereocenters. The van der Waals surface area contributed by atoms with Crippen molar-refractivity contribution in [3.05, 3.63) is 92.3 Å². The number of aryl methyl sites for hydroxylation is 1. The zero-order chi connectivity index (χ0) is 20.5. The van der Waals surface area contributed by atoms with Crippen molar-refractivity contribution in [2.24, 2.45) is 0 Å². The smallest absolute Gasteiger partial charge is 0.426 e. The zero-order valence-electron chi connectivity index (χ0n) is 14.5. The van der Waals surface area contributed by atoms with Crippen LogP contribution in [-0.2, 0) is 6.11 Å². The number of hydrogen-bond acceptors (Lipinski definition) is 3. The number of pyridine rings is 1. The summed E-state index contributed by atoms with van der Waals surface area (Å²) in [4.78, 5) is 23.7. The second-order valence-corrected chi connectivity index (χ2v) is 6.73. The Balaban J connectivity index is 2.01. The van der Waals surface area contributed by atoms with Crippen molar-refractivity contribution in [1.82, 2.24) is 4.57 Å². The molecule has 1 aromatic heterocycles. The first kappa shape index (κ1) is 19.8. The zero-order valence-corrected chi connectivity index (χ0v) is 16.1. The largest absolute Gasteiger partial charge is 0.478 e. The Morgan fingerprint density at radius 3 is 2.29 bits per heavy atom. The predicted molar refractivity (Wildman–Crippen MR) is 102 cm³/mol. The first-order valence-electron chi connectivity index (χ1n) is 8.09. The Kier molecular flexibility index (Phi) is 5.33.